The SMILES string of the molecule is CCNC(C)=O.[K]. The van der Waals surface area contributed by atoms with E-state index in [4.69, 9.17) is 0 Å². The molecular weight excluding hydrogens is 117 g/mol. The van der Waals surface area contributed by atoms with E-state index in [1.807, 2.05) is 6.92 Å². The third-order valence-electron chi connectivity index (χ3n) is 0.426. The molecule has 0 heterocycles. The van der Waals surface area contributed by atoms with Gasteiger partial charge in [-0.15, -0.1) is 0 Å². The summed E-state index contributed by atoms with van der Waals surface area (Å²) in [5.41, 5.74) is 0. The van der Waals surface area contributed by atoms with E-state index in [1.54, 1.807) is 0 Å². The molecule has 0 aromatic heterocycles. The summed E-state index contributed by atoms with van der Waals surface area (Å²) < 4.78 is 0. The normalized spacial score (nSPS) is 6.57. The van der Waals surface area contributed by atoms with Crippen LogP contribution in [-0.4, -0.2) is 63.8 Å². The van der Waals surface area contributed by atoms with Gasteiger partial charge in [-0.2, -0.15) is 0 Å². The Hall–Kier alpha value is 1.11. The van der Waals surface area contributed by atoms with Crippen LogP contribution in [0.3, 0.4) is 0 Å². The Labute approximate surface area is 86.5 Å². The van der Waals surface area contributed by atoms with Crippen molar-refractivity contribution in [2.75, 3.05) is 6.54 Å². The molecule has 37 valence electrons. The van der Waals surface area contributed by atoms with Gasteiger partial charge in [-0.1, -0.05) is 0 Å². The third-order valence-corrected chi connectivity index (χ3v) is 0.426. The Morgan fingerprint density at radius 3 is 2.14 bits per heavy atom. The van der Waals surface area contributed by atoms with Gasteiger partial charge in [0.05, 0.1) is 0 Å². The molecule has 0 saturated carbocycles. The van der Waals surface area contributed by atoms with Crippen molar-refractivity contribution in [1.29, 1.82) is 0 Å². The molecule has 0 aliphatic rings. The maximum Gasteiger partial charge on any atom is 0.216 e. The van der Waals surface area contributed by atoms with Crippen molar-refractivity contribution >= 4 is 57.3 Å². The number of hydrogen-bond donors (Lipinski definition) is 1. The Balaban J connectivity index is 0. The summed E-state index contributed by atoms with van der Waals surface area (Å²) in [6.45, 7) is 4.13. The molecule has 2 nitrogen and oxygen atoms in total. The molecule has 0 spiro atoms. The summed E-state index contributed by atoms with van der Waals surface area (Å²) in [5, 5.41) is 2.57. The van der Waals surface area contributed by atoms with E-state index >= 15 is 0 Å². The summed E-state index contributed by atoms with van der Waals surface area (Å²) >= 11 is 0. The van der Waals surface area contributed by atoms with Gasteiger partial charge in [-0.3, -0.25) is 4.79 Å². The van der Waals surface area contributed by atoms with Gasteiger partial charge in [-0.25, -0.2) is 0 Å². The Kier molecular flexibility index (Phi) is 11.1. The predicted molar refractivity (Wildman–Crippen MR) is 30.1 cm³/mol. The maximum absolute atomic E-state index is 9.93. The molecule has 0 saturated heterocycles. The average Bonchev–Trinajstić information content (AvgIpc) is 1.35. The predicted octanol–water partition coefficient (Wildman–Crippen LogP) is -0.238. The first-order chi connectivity index (χ1) is 2.77. The van der Waals surface area contributed by atoms with Crippen LogP contribution in [0.4, 0.5) is 0 Å². The van der Waals surface area contributed by atoms with E-state index < -0.39 is 0 Å². The van der Waals surface area contributed by atoms with Crippen LogP contribution >= 0.6 is 0 Å². The fourth-order valence-corrected chi connectivity index (χ4v) is 0.249. The quantitative estimate of drug-likeness (QED) is 0.483. The van der Waals surface area contributed by atoms with Gasteiger partial charge in [0, 0.05) is 64.9 Å². The van der Waals surface area contributed by atoms with Gasteiger partial charge < -0.3 is 5.32 Å². The molecule has 1 N–H and O–H groups in total. The molecule has 0 aliphatic heterocycles. The number of carbonyl (C=O) groups is 1. The van der Waals surface area contributed by atoms with Gasteiger partial charge in [-0.05, 0) is 6.92 Å². The molecule has 3 heteroatoms. The van der Waals surface area contributed by atoms with Gasteiger partial charge in [0.1, 0.15) is 0 Å². The number of rotatable bonds is 1. The van der Waals surface area contributed by atoms with E-state index in [1.165, 1.54) is 6.92 Å². The first-order valence-electron chi connectivity index (χ1n) is 2.01. The minimum Gasteiger partial charge on any atom is -0.357 e. The average molecular weight is 126 g/mol. The van der Waals surface area contributed by atoms with E-state index in [9.17, 15) is 4.79 Å². The smallest absolute Gasteiger partial charge is 0.216 e. The summed E-state index contributed by atoms with van der Waals surface area (Å²) in [7, 11) is 0. The zero-order valence-electron chi connectivity index (χ0n) is 5.12. The molecule has 7 heavy (non-hydrogen) atoms. The summed E-state index contributed by atoms with van der Waals surface area (Å²) in [4.78, 5) is 9.93. The molecular formula is C4H9KNO. The molecule has 0 fully saturated rings. The van der Waals surface area contributed by atoms with Crippen molar-refractivity contribution in [3.8, 4) is 0 Å². The second kappa shape index (κ2) is 7.11. The molecule has 1 radical (unpaired) electrons. The van der Waals surface area contributed by atoms with E-state index in [0.717, 1.165) is 6.54 Å². The van der Waals surface area contributed by atoms with Crippen LogP contribution in [0.1, 0.15) is 13.8 Å². The summed E-state index contributed by atoms with van der Waals surface area (Å²) in [6, 6.07) is 0. The Morgan fingerprint density at radius 2 is 2.14 bits per heavy atom. The minimum absolute atomic E-state index is 0. The second-order valence-electron chi connectivity index (χ2n) is 1.09. The van der Waals surface area contributed by atoms with Gasteiger partial charge in [0.2, 0.25) is 5.91 Å². The molecule has 0 aliphatic carbocycles. The van der Waals surface area contributed by atoms with Gasteiger partial charge in [0.15, 0.2) is 0 Å². The first kappa shape index (κ1) is 11.0. The van der Waals surface area contributed by atoms with Crippen molar-refractivity contribution in [2.45, 2.75) is 13.8 Å². The molecule has 0 aromatic carbocycles. The van der Waals surface area contributed by atoms with Crippen molar-refractivity contribution in [1.82, 2.24) is 5.32 Å². The van der Waals surface area contributed by atoms with E-state index in [0.29, 0.717) is 0 Å². The summed E-state index contributed by atoms with van der Waals surface area (Å²) in [6.07, 6.45) is 0. The molecule has 0 aromatic rings. The maximum atomic E-state index is 9.93. The molecule has 0 unspecified atom stereocenters. The Bertz CT molecular complexity index is 55.7. The standard InChI is InChI=1S/C4H9NO.K/c1-3-5-4(2)6;/h3H2,1-2H3,(H,5,6);. The van der Waals surface area contributed by atoms with Crippen molar-refractivity contribution < 1.29 is 4.79 Å². The van der Waals surface area contributed by atoms with Gasteiger partial charge >= 0.3 is 0 Å². The zero-order chi connectivity index (χ0) is 4.99. The number of carbonyl (C=O) groups excluding carboxylic acids is 1. The zero-order valence-corrected chi connectivity index (χ0v) is 8.24. The van der Waals surface area contributed by atoms with Crippen LogP contribution in [0.15, 0.2) is 0 Å². The Morgan fingerprint density at radius 1 is 1.71 bits per heavy atom. The molecule has 1 amide bonds. The van der Waals surface area contributed by atoms with Crippen LogP contribution in [0, 0.1) is 0 Å². The molecule has 0 bridgehead atoms. The number of nitrogens with one attached hydrogen (secondary N) is 1. The van der Waals surface area contributed by atoms with Crippen molar-refractivity contribution in [3.63, 3.8) is 0 Å². The first-order valence-corrected chi connectivity index (χ1v) is 2.01. The van der Waals surface area contributed by atoms with E-state index in [-0.39, 0.29) is 57.3 Å². The second-order valence-corrected chi connectivity index (χ2v) is 1.09. The van der Waals surface area contributed by atoms with Crippen LogP contribution in [0.25, 0.3) is 0 Å². The van der Waals surface area contributed by atoms with Crippen molar-refractivity contribution in [2.24, 2.45) is 0 Å². The number of amides is 1. The minimum atomic E-state index is 0. The van der Waals surface area contributed by atoms with Crippen LogP contribution in [0.5, 0.6) is 0 Å². The third kappa shape index (κ3) is 11.0. The summed E-state index contributed by atoms with van der Waals surface area (Å²) in [5.74, 6) is 0.0394. The molecule has 0 rings (SSSR count). The van der Waals surface area contributed by atoms with E-state index in [2.05, 4.69) is 5.32 Å². The largest absolute Gasteiger partial charge is 0.357 e. The van der Waals surface area contributed by atoms with Crippen molar-refractivity contribution in [3.05, 3.63) is 0 Å². The van der Waals surface area contributed by atoms with Gasteiger partial charge in [0.25, 0.3) is 0 Å². The monoisotopic (exact) mass is 126 g/mol. The number of hydrogen-bond acceptors (Lipinski definition) is 1. The van der Waals surface area contributed by atoms with Crippen LogP contribution < -0.4 is 5.32 Å². The topological polar surface area (TPSA) is 29.1 Å². The van der Waals surface area contributed by atoms with Crippen LogP contribution in [-0.2, 0) is 4.79 Å². The van der Waals surface area contributed by atoms with Crippen LogP contribution in [0.2, 0.25) is 0 Å². The fourth-order valence-electron chi connectivity index (χ4n) is 0.249. The fraction of sp³-hybridized carbons (Fsp3) is 0.750. The molecule has 0 atom stereocenters.